The number of allylic oxidation sites excluding steroid dienone is 2. The first-order valence-corrected chi connectivity index (χ1v) is 29.9. The molecular formula is C76H46N4S2. The zero-order chi connectivity index (χ0) is 53.6. The van der Waals surface area contributed by atoms with Crippen LogP contribution in [-0.2, 0) is 0 Å². The van der Waals surface area contributed by atoms with Crippen LogP contribution >= 0.6 is 22.7 Å². The Kier molecular flexibility index (Phi) is 9.99. The summed E-state index contributed by atoms with van der Waals surface area (Å²) in [7, 11) is 0. The standard InChI is InChI=1S/C76H46N4S2/c1-2-19-45-43-55-46(42-44(45)18-1)36-37-59-74(55)71-48(27-17-30-58(71)79-59)47-20-5-12-31-62(47)80(63-32-13-6-23-51(63)69-53-25-8-15-34-65(53)81-67-40-38-60-72(75(67)69)49-21-3-10-28-56(49)77-60)64-33-14-7-24-52(64)70-54-26-9-16-35-66(54)82-68-41-39-61-73(76(68)70)50-22-4-11-29-57(50)78-61/h1-16,18-26,28-43,48H,17,27H2. The molecule has 0 bridgehead atoms. The number of anilines is 3. The van der Waals surface area contributed by atoms with Crippen molar-refractivity contribution >= 4 is 151 Å². The van der Waals surface area contributed by atoms with Crippen LogP contribution in [0, 0.1) is 0 Å². The SMILES string of the molecule is C1=C2N=c3ccc4cc5ccccc5cc4c3=C2C(c2ccccc2N(c2ccccc2-c2c3ccccc3sc3ccc4nc5ccccc5c4c23)c2ccccc2-c2c3ccccc3sc3ccc4nc5ccccc5c4c23)CC1. The van der Waals surface area contributed by atoms with Crippen LogP contribution in [0.1, 0.15) is 24.3 Å². The Hall–Kier alpha value is -9.85. The number of nitrogens with zero attached hydrogens (tertiary/aromatic N) is 4. The van der Waals surface area contributed by atoms with Crippen LogP contribution in [0.15, 0.2) is 259 Å². The molecule has 0 N–H and O–H groups in total. The van der Waals surface area contributed by atoms with Crippen molar-refractivity contribution in [2.75, 3.05) is 4.90 Å². The predicted octanol–water partition coefficient (Wildman–Crippen LogP) is 20.2. The Morgan fingerprint density at radius 3 is 1.51 bits per heavy atom. The van der Waals surface area contributed by atoms with Gasteiger partial charge in [0.15, 0.2) is 0 Å². The summed E-state index contributed by atoms with van der Waals surface area (Å²) in [5.41, 5.74) is 15.7. The Balaban J connectivity index is 0.981. The van der Waals surface area contributed by atoms with E-state index in [0.717, 1.165) is 74.2 Å². The lowest BCUT2D eigenvalue weighted by atomic mass is 9.79. The number of rotatable bonds is 6. The zero-order valence-corrected chi connectivity index (χ0v) is 45.9. The molecule has 0 spiro atoms. The van der Waals surface area contributed by atoms with Crippen molar-refractivity contribution in [3.63, 3.8) is 0 Å². The highest BCUT2D eigenvalue weighted by Crippen LogP contribution is 2.55. The van der Waals surface area contributed by atoms with Gasteiger partial charge in [-0.05, 0) is 130 Å². The highest BCUT2D eigenvalue weighted by Gasteiger charge is 2.33. The minimum absolute atomic E-state index is 0.0308. The van der Waals surface area contributed by atoms with E-state index in [-0.39, 0.29) is 5.92 Å². The molecule has 0 saturated carbocycles. The van der Waals surface area contributed by atoms with Crippen molar-refractivity contribution in [3.05, 3.63) is 271 Å². The summed E-state index contributed by atoms with van der Waals surface area (Å²) in [5, 5.41) is 16.9. The molecule has 0 fully saturated rings. The Morgan fingerprint density at radius 2 is 0.890 bits per heavy atom. The van der Waals surface area contributed by atoms with E-state index in [0.29, 0.717) is 0 Å². The fourth-order valence-electron chi connectivity index (χ4n) is 14.1. The third kappa shape index (κ3) is 6.74. The van der Waals surface area contributed by atoms with Gasteiger partial charge in [-0.3, -0.25) is 0 Å². The summed E-state index contributed by atoms with van der Waals surface area (Å²) in [5.74, 6) is 0.0308. The first kappa shape index (κ1) is 46.0. The van der Waals surface area contributed by atoms with Crippen molar-refractivity contribution in [2.45, 2.75) is 18.8 Å². The molecule has 18 rings (SSSR count). The van der Waals surface area contributed by atoms with E-state index >= 15 is 0 Å². The van der Waals surface area contributed by atoms with Crippen LogP contribution in [-0.4, -0.2) is 9.97 Å². The highest BCUT2D eigenvalue weighted by atomic mass is 32.1. The summed E-state index contributed by atoms with van der Waals surface area (Å²) < 4.78 is 4.93. The fraction of sp³-hybridized carbons (Fsp3) is 0.0395. The van der Waals surface area contributed by atoms with Crippen LogP contribution < -0.4 is 15.5 Å². The maximum atomic E-state index is 5.48. The van der Waals surface area contributed by atoms with Gasteiger partial charge in [0.05, 0.1) is 44.5 Å². The molecule has 2 aliphatic rings. The van der Waals surface area contributed by atoms with Crippen molar-refractivity contribution in [1.29, 1.82) is 0 Å². The summed E-state index contributed by atoms with van der Waals surface area (Å²) in [6.07, 6.45) is 4.25. The minimum atomic E-state index is 0.0308. The third-order valence-corrected chi connectivity index (χ3v) is 19.8. The van der Waals surface area contributed by atoms with Gasteiger partial charge in [-0.15, -0.1) is 22.7 Å². The number of benzene rings is 12. The number of hydrogen-bond donors (Lipinski definition) is 0. The molecule has 4 nitrogen and oxygen atoms in total. The smallest absolute Gasteiger partial charge is 0.0723 e. The molecule has 5 heterocycles. The second-order valence-electron chi connectivity index (χ2n) is 21.9. The van der Waals surface area contributed by atoms with Gasteiger partial charge in [0, 0.05) is 101 Å². The maximum absolute atomic E-state index is 5.48. The Labute approximate surface area is 479 Å². The molecule has 0 amide bonds. The van der Waals surface area contributed by atoms with E-state index in [9.17, 15) is 0 Å². The molecule has 4 aromatic heterocycles. The van der Waals surface area contributed by atoms with Gasteiger partial charge in [0.1, 0.15) is 0 Å². The average Bonchev–Trinajstić information content (AvgIpc) is 4.36. The number of aromatic nitrogens is 2. The van der Waals surface area contributed by atoms with E-state index in [2.05, 4.69) is 254 Å². The highest BCUT2D eigenvalue weighted by molar-refractivity contribution is 7.25. The van der Waals surface area contributed by atoms with Crippen LogP contribution in [0.25, 0.3) is 133 Å². The normalized spacial score (nSPS) is 14.3. The first-order chi connectivity index (χ1) is 40.7. The molecule has 1 aliphatic carbocycles. The molecular weight excluding hydrogens is 1030 g/mol. The van der Waals surface area contributed by atoms with Crippen molar-refractivity contribution < 1.29 is 0 Å². The van der Waals surface area contributed by atoms with Crippen LogP contribution in [0.4, 0.5) is 17.1 Å². The van der Waals surface area contributed by atoms with Crippen molar-refractivity contribution in [3.8, 4) is 22.3 Å². The van der Waals surface area contributed by atoms with Crippen LogP contribution in [0.3, 0.4) is 0 Å². The zero-order valence-electron chi connectivity index (χ0n) is 44.3. The van der Waals surface area contributed by atoms with E-state index in [1.807, 2.05) is 22.7 Å². The quantitative estimate of drug-likeness (QED) is 0.156. The summed E-state index contributed by atoms with van der Waals surface area (Å²) in [4.78, 5) is 18.7. The monoisotopic (exact) mass is 1080 g/mol. The lowest BCUT2D eigenvalue weighted by Crippen LogP contribution is -2.26. The van der Waals surface area contributed by atoms with E-state index in [4.69, 9.17) is 15.0 Å². The van der Waals surface area contributed by atoms with Crippen molar-refractivity contribution in [2.24, 2.45) is 4.99 Å². The average molecular weight is 1080 g/mol. The van der Waals surface area contributed by atoms with Gasteiger partial charge in [-0.25, -0.2) is 15.0 Å². The second kappa shape index (κ2) is 17.8. The Bertz CT molecular complexity index is 5400. The molecule has 16 aromatic rings. The van der Waals surface area contributed by atoms with Gasteiger partial charge in [0.25, 0.3) is 0 Å². The van der Waals surface area contributed by atoms with E-state index < -0.39 is 0 Å². The minimum Gasteiger partial charge on any atom is -0.309 e. The molecule has 1 atom stereocenters. The van der Waals surface area contributed by atoms with Gasteiger partial charge in [-0.1, -0.05) is 164 Å². The number of para-hydroxylation sites is 5. The first-order valence-electron chi connectivity index (χ1n) is 28.3. The summed E-state index contributed by atoms with van der Waals surface area (Å²) in [6.45, 7) is 0. The van der Waals surface area contributed by atoms with Gasteiger partial charge in [-0.2, -0.15) is 0 Å². The molecule has 0 radical (unpaired) electrons. The molecule has 82 heavy (non-hydrogen) atoms. The van der Waals surface area contributed by atoms with E-state index in [1.165, 1.54) is 111 Å². The summed E-state index contributed by atoms with van der Waals surface area (Å²) >= 11 is 3.72. The van der Waals surface area contributed by atoms with Gasteiger partial charge < -0.3 is 4.90 Å². The molecule has 1 unspecified atom stereocenters. The fourth-order valence-corrected chi connectivity index (χ4v) is 16.4. The molecule has 6 heteroatoms. The van der Waals surface area contributed by atoms with Crippen molar-refractivity contribution in [1.82, 2.24) is 9.97 Å². The molecule has 382 valence electrons. The van der Waals surface area contributed by atoms with Crippen LogP contribution in [0.5, 0.6) is 0 Å². The topological polar surface area (TPSA) is 41.4 Å². The molecule has 1 aliphatic heterocycles. The number of fused-ring (bicyclic) bond motifs is 17. The molecule has 0 saturated heterocycles. The van der Waals surface area contributed by atoms with E-state index in [1.54, 1.807) is 0 Å². The Morgan fingerprint density at radius 1 is 0.378 bits per heavy atom. The van der Waals surface area contributed by atoms with Gasteiger partial charge in [0.2, 0.25) is 0 Å². The third-order valence-electron chi connectivity index (χ3n) is 17.5. The second-order valence-corrected chi connectivity index (χ2v) is 24.1. The largest absolute Gasteiger partial charge is 0.309 e. The van der Waals surface area contributed by atoms with Crippen LogP contribution in [0.2, 0.25) is 0 Å². The predicted molar refractivity (Wildman–Crippen MR) is 349 cm³/mol. The number of hydrogen-bond acceptors (Lipinski definition) is 6. The molecule has 12 aromatic carbocycles. The lowest BCUT2D eigenvalue weighted by molar-refractivity contribution is 0.739. The van der Waals surface area contributed by atoms with Gasteiger partial charge >= 0.3 is 0 Å². The maximum Gasteiger partial charge on any atom is 0.0723 e. The lowest BCUT2D eigenvalue weighted by Gasteiger charge is -2.34. The summed E-state index contributed by atoms with van der Waals surface area (Å²) in [6, 6.07) is 90.1.